The van der Waals surface area contributed by atoms with Gasteiger partial charge in [-0.3, -0.25) is 9.48 Å². The summed E-state index contributed by atoms with van der Waals surface area (Å²) < 4.78 is 4.86. The summed E-state index contributed by atoms with van der Waals surface area (Å²) in [5, 5.41) is 13.6. The van der Waals surface area contributed by atoms with Crippen LogP contribution in [0.15, 0.2) is 58.5 Å². The lowest BCUT2D eigenvalue weighted by Gasteiger charge is -2.07. The van der Waals surface area contributed by atoms with Crippen molar-refractivity contribution in [2.45, 2.75) is 17.8 Å². The van der Waals surface area contributed by atoms with Crippen molar-refractivity contribution in [3.63, 3.8) is 0 Å². The minimum Gasteiger partial charge on any atom is -0.283 e. The van der Waals surface area contributed by atoms with Crippen molar-refractivity contribution < 1.29 is 0 Å². The number of rotatable bonds is 5. The molecule has 0 bridgehead atoms. The third-order valence-corrected chi connectivity index (χ3v) is 6.10. The van der Waals surface area contributed by atoms with Crippen LogP contribution in [0.2, 0.25) is 10.0 Å². The van der Waals surface area contributed by atoms with Gasteiger partial charge in [0.15, 0.2) is 5.69 Å². The molecule has 0 unspecified atom stereocenters. The molecule has 0 saturated carbocycles. The van der Waals surface area contributed by atoms with Gasteiger partial charge in [0.1, 0.15) is 0 Å². The fraction of sp³-hybridized carbons (Fsp3) is 0.158. The van der Waals surface area contributed by atoms with Crippen LogP contribution in [-0.4, -0.2) is 29.6 Å². The van der Waals surface area contributed by atoms with Crippen LogP contribution in [0.3, 0.4) is 0 Å². The molecule has 0 radical (unpaired) electrons. The lowest BCUT2D eigenvalue weighted by atomic mass is 10.2. The summed E-state index contributed by atoms with van der Waals surface area (Å²) in [5.74, 6) is 0.537. The highest BCUT2D eigenvalue weighted by Gasteiger charge is 2.22. The first-order chi connectivity index (χ1) is 14.0. The summed E-state index contributed by atoms with van der Waals surface area (Å²) in [4.78, 5) is 13.2. The van der Waals surface area contributed by atoms with Crippen molar-refractivity contribution in [1.29, 1.82) is 0 Å². The van der Waals surface area contributed by atoms with E-state index in [9.17, 15) is 4.79 Å². The maximum atomic E-state index is 13.2. The van der Waals surface area contributed by atoms with Gasteiger partial charge in [-0.2, -0.15) is 4.68 Å². The van der Waals surface area contributed by atoms with Crippen molar-refractivity contribution in [3.8, 4) is 11.4 Å². The molecule has 0 aliphatic rings. The van der Waals surface area contributed by atoms with Gasteiger partial charge in [0.25, 0.3) is 5.56 Å². The molecule has 0 aliphatic carbocycles. The fourth-order valence-corrected chi connectivity index (χ4v) is 4.42. The summed E-state index contributed by atoms with van der Waals surface area (Å²) in [5.41, 5.74) is 2.63. The quantitative estimate of drug-likeness (QED) is 0.432. The molecule has 7 nitrogen and oxygen atoms in total. The van der Waals surface area contributed by atoms with Crippen LogP contribution >= 0.6 is 35.0 Å². The highest BCUT2D eigenvalue weighted by atomic mass is 35.5. The number of hydrogen-bond acceptors (Lipinski definition) is 5. The van der Waals surface area contributed by atoms with Crippen molar-refractivity contribution in [3.05, 3.63) is 80.2 Å². The number of halogens is 2. The fourth-order valence-electron chi connectivity index (χ4n) is 2.99. The Bertz CT molecular complexity index is 1230. The summed E-state index contributed by atoms with van der Waals surface area (Å²) >= 11 is 13.6. The first kappa shape index (κ1) is 19.8. The number of hydrogen-bond donors (Lipinski definition) is 0. The van der Waals surface area contributed by atoms with E-state index in [1.165, 1.54) is 16.4 Å². The second-order valence-corrected chi connectivity index (χ2v) is 8.09. The van der Waals surface area contributed by atoms with Crippen molar-refractivity contribution >= 4 is 35.0 Å². The highest BCUT2D eigenvalue weighted by molar-refractivity contribution is 7.98. The molecule has 0 spiro atoms. The van der Waals surface area contributed by atoms with Crippen LogP contribution in [0, 0.1) is 6.92 Å². The predicted molar refractivity (Wildman–Crippen MR) is 114 cm³/mol. The van der Waals surface area contributed by atoms with E-state index < -0.39 is 0 Å². The molecular weight excluding hydrogens is 431 g/mol. The Labute approximate surface area is 180 Å². The topological polar surface area (TPSA) is 70.5 Å². The molecule has 4 rings (SSSR count). The molecule has 10 heteroatoms. The lowest BCUT2D eigenvalue weighted by Crippen LogP contribution is -2.22. The van der Waals surface area contributed by atoms with E-state index in [0.717, 1.165) is 16.9 Å². The molecule has 0 aliphatic heterocycles. The van der Waals surface area contributed by atoms with Crippen LogP contribution in [-0.2, 0) is 12.8 Å². The molecule has 0 fully saturated rings. The van der Waals surface area contributed by atoms with Crippen molar-refractivity contribution in [2.75, 3.05) is 0 Å². The first-order valence-electron chi connectivity index (χ1n) is 8.67. The lowest BCUT2D eigenvalue weighted by molar-refractivity contribution is 0.630. The Kier molecular flexibility index (Phi) is 5.49. The Morgan fingerprint density at radius 3 is 2.59 bits per heavy atom. The second-order valence-electron chi connectivity index (χ2n) is 6.31. The predicted octanol–water partition coefficient (Wildman–Crippen LogP) is 4.06. The van der Waals surface area contributed by atoms with Gasteiger partial charge >= 0.3 is 0 Å². The molecule has 148 valence electrons. The summed E-state index contributed by atoms with van der Waals surface area (Å²) in [6.07, 6.45) is 0. The average molecular weight is 447 g/mol. The third-order valence-electron chi connectivity index (χ3n) is 4.55. The maximum Gasteiger partial charge on any atom is 0.297 e. The largest absolute Gasteiger partial charge is 0.297 e. The monoisotopic (exact) mass is 446 g/mol. The second kappa shape index (κ2) is 8.06. The number of benzene rings is 2. The van der Waals surface area contributed by atoms with Gasteiger partial charge in [-0.05, 0) is 47.2 Å². The minimum atomic E-state index is -0.199. The van der Waals surface area contributed by atoms with Crippen LogP contribution in [0.25, 0.3) is 11.4 Å². The van der Waals surface area contributed by atoms with Gasteiger partial charge in [0.05, 0.1) is 11.4 Å². The minimum absolute atomic E-state index is 0.199. The molecule has 0 atom stereocenters. The van der Waals surface area contributed by atoms with E-state index >= 15 is 0 Å². The van der Waals surface area contributed by atoms with Gasteiger partial charge in [-0.1, -0.05) is 59.2 Å². The first-order valence-corrected chi connectivity index (χ1v) is 10.4. The van der Waals surface area contributed by atoms with Gasteiger partial charge in [-0.15, -0.1) is 5.10 Å². The number of thioether (sulfide) groups is 1. The van der Waals surface area contributed by atoms with Crippen molar-refractivity contribution in [1.82, 2.24) is 29.6 Å². The molecule has 0 saturated heterocycles. The Morgan fingerprint density at radius 1 is 1.10 bits per heavy atom. The van der Waals surface area contributed by atoms with E-state index in [1.54, 1.807) is 21.5 Å². The van der Waals surface area contributed by atoms with E-state index in [-0.39, 0.29) is 5.56 Å². The molecule has 2 aromatic carbocycles. The van der Waals surface area contributed by atoms with Gasteiger partial charge < -0.3 is 0 Å². The zero-order valence-corrected chi connectivity index (χ0v) is 17.9. The molecule has 29 heavy (non-hydrogen) atoms. The van der Waals surface area contributed by atoms with Crippen LogP contribution in [0.5, 0.6) is 0 Å². The van der Waals surface area contributed by atoms with Crippen LogP contribution < -0.4 is 5.56 Å². The normalized spacial score (nSPS) is 11.2. The Hall–Kier alpha value is -2.55. The van der Waals surface area contributed by atoms with Crippen LogP contribution in [0.1, 0.15) is 11.3 Å². The number of tetrazole rings is 1. The van der Waals surface area contributed by atoms with Crippen LogP contribution in [0.4, 0.5) is 0 Å². The van der Waals surface area contributed by atoms with E-state index in [4.69, 9.17) is 23.2 Å². The van der Waals surface area contributed by atoms with Gasteiger partial charge in [0, 0.05) is 22.8 Å². The zero-order chi connectivity index (χ0) is 20.5. The zero-order valence-electron chi connectivity index (χ0n) is 15.6. The standard InChI is InChI=1S/C19H16Cl2N6OS/c1-12-17(18(28)27(25(12)2)15-6-4-3-5-7-15)26-19(22-23-24-26)29-11-13-8-9-14(20)10-16(13)21/h3-10H,11H2,1-2H3. The molecule has 2 aromatic heterocycles. The van der Waals surface area contributed by atoms with Gasteiger partial charge in [-0.25, -0.2) is 4.68 Å². The maximum absolute atomic E-state index is 13.2. The van der Waals surface area contributed by atoms with Crippen molar-refractivity contribution in [2.24, 2.45) is 7.05 Å². The SMILES string of the molecule is Cc1c(-n2nnnc2SCc2ccc(Cl)cc2Cl)c(=O)n(-c2ccccc2)n1C. The smallest absolute Gasteiger partial charge is 0.283 e. The molecule has 2 heterocycles. The Morgan fingerprint density at radius 2 is 1.86 bits per heavy atom. The Balaban J connectivity index is 1.71. The highest BCUT2D eigenvalue weighted by Crippen LogP contribution is 2.28. The summed E-state index contributed by atoms with van der Waals surface area (Å²) in [6.45, 7) is 1.86. The van der Waals surface area contributed by atoms with E-state index in [2.05, 4.69) is 15.5 Å². The summed E-state index contributed by atoms with van der Waals surface area (Å²) in [6, 6.07) is 14.8. The molecule has 0 N–H and O–H groups in total. The molecule has 4 aromatic rings. The third kappa shape index (κ3) is 3.71. The number of aromatic nitrogens is 6. The number of para-hydroxylation sites is 1. The van der Waals surface area contributed by atoms with E-state index in [0.29, 0.717) is 26.6 Å². The molecule has 0 amide bonds. The summed E-state index contributed by atoms with van der Waals surface area (Å²) in [7, 11) is 1.83. The van der Waals surface area contributed by atoms with E-state index in [1.807, 2.05) is 50.4 Å². The molecular formula is C19H16Cl2N6OS. The number of nitrogens with zero attached hydrogens (tertiary/aromatic N) is 6. The van der Waals surface area contributed by atoms with Gasteiger partial charge in [0.2, 0.25) is 5.16 Å². The average Bonchev–Trinajstić information content (AvgIpc) is 3.24.